The molecule has 26 heavy (non-hydrogen) atoms. The first kappa shape index (κ1) is 15.3. The fourth-order valence-electron chi connectivity index (χ4n) is 4.30. The second-order valence-electron chi connectivity index (χ2n) is 6.95. The molecule has 4 aromatic rings. The Hall–Kier alpha value is -2.94. The molecular formula is C23H21N3. The molecule has 0 spiro atoms. The molecule has 0 N–H and O–H groups in total. The maximum atomic E-state index is 4.70. The molecule has 0 amide bonds. The highest BCUT2D eigenvalue weighted by Crippen LogP contribution is 2.48. The van der Waals surface area contributed by atoms with E-state index in [1.54, 1.807) is 6.33 Å². The zero-order chi connectivity index (χ0) is 17.5. The van der Waals surface area contributed by atoms with Crippen LogP contribution >= 0.6 is 0 Å². The van der Waals surface area contributed by atoms with Gasteiger partial charge in [-0.25, -0.2) is 9.97 Å². The van der Waals surface area contributed by atoms with Gasteiger partial charge in [-0.2, -0.15) is 0 Å². The minimum absolute atomic E-state index is 0.115. The van der Waals surface area contributed by atoms with Crippen LogP contribution in [0.15, 0.2) is 67.1 Å². The van der Waals surface area contributed by atoms with Gasteiger partial charge in [-0.1, -0.05) is 61.9 Å². The number of nitrogens with zero attached hydrogens (tertiary/aromatic N) is 3. The highest BCUT2D eigenvalue weighted by atomic mass is 15.1. The van der Waals surface area contributed by atoms with Crippen LogP contribution in [0.3, 0.4) is 0 Å². The molecule has 0 saturated heterocycles. The lowest BCUT2D eigenvalue weighted by atomic mass is 9.98. The number of aryl methyl sites for hydroxylation is 1. The van der Waals surface area contributed by atoms with Crippen molar-refractivity contribution < 1.29 is 0 Å². The summed E-state index contributed by atoms with van der Waals surface area (Å²) in [7, 11) is 0. The Morgan fingerprint density at radius 1 is 1.00 bits per heavy atom. The van der Waals surface area contributed by atoms with E-state index in [0.717, 1.165) is 12.1 Å². The van der Waals surface area contributed by atoms with Crippen LogP contribution in [0.1, 0.15) is 42.6 Å². The highest BCUT2D eigenvalue weighted by molar-refractivity contribution is 5.94. The molecule has 3 heteroatoms. The van der Waals surface area contributed by atoms with Gasteiger partial charge in [0.05, 0.1) is 11.4 Å². The summed E-state index contributed by atoms with van der Waals surface area (Å²) in [5, 5.41) is 1.37. The number of rotatable bonds is 4. The average Bonchev–Trinajstić information content (AvgIpc) is 3.20. The van der Waals surface area contributed by atoms with Crippen molar-refractivity contribution in [2.45, 2.75) is 32.2 Å². The van der Waals surface area contributed by atoms with E-state index in [0.29, 0.717) is 0 Å². The van der Waals surface area contributed by atoms with Gasteiger partial charge in [-0.05, 0) is 30.0 Å². The van der Waals surface area contributed by atoms with E-state index in [4.69, 9.17) is 4.98 Å². The average molecular weight is 339 g/mol. The van der Waals surface area contributed by atoms with Gasteiger partial charge in [0, 0.05) is 22.7 Å². The smallest absolute Gasteiger partial charge is 0.115 e. The number of unbranched alkanes of at least 4 members (excludes halogenated alkanes) is 1. The number of fused-ring (bicyclic) bond motifs is 5. The second kappa shape index (κ2) is 6.10. The van der Waals surface area contributed by atoms with E-state index in [1.807, 2.05) is 6.20 Å². The number of aromatic nitrogens is 3. The fraction of sp³-hybridized carbons (Fsp3) is 0.217. The molecule has 1 unspecified atom stereocenters. The Morgan fingerprint density at radius 3 is 2.65 bits per heavy atom. The van der Waals surface area contributed by atoms with Gasteiger partial charge in [0.1, 0.15) is 12.4 Å². The van der Waals surface area contributed by atoms with Crippen LogP contribution in [0.5, 0.6) is 0 Å². The summed E-state index contributed by atoms with van der Waals surface area (Å²) in [6.07, 6.45) is 7.15. The number of hydrogen-bond donors (Lipinski definition) is 0. The van der Waals surface area contributed by atoms with Gasteiger partial charge >= 0.3 is 0 Å². The third kappa shape index (κ3) is 2.13. The van der Waals surface area contributed by atoms with Crippen LogP contribution in [-0.4, -0.2) is 14.5 Å². The molecule has 3 heterocycles. The minimum atomic E-state index is 0.115. The Kier molecular flexibility index (Phi) is 3.59. The molecular weight excluding hydrogens is 318 g/mol. The topological polar surface area (TPSA) is 30.7 Å². The van der Waals surface area contributed by atoms with Crippen molar-refractivity contribution in [2.24, 2.45) is 0 Å². The molecule has 1 atom stereocenters. The lowest BCUT2D eigenvalue weighted by molar-refractivity contribution is 0.717. The minimum Gasteiger partial charge on any atom is -0.327 e. The Bertz CT molecular complexity index is 1080. The predicted molar refractivity (Wildman–Crippen MR) is 105 cm³/mol. The highest BCUT2D eigenvalue weighted by Gasteiger charge is 2.35. The molecule has 3 nitrogen and oxygen atoms in total. The maximum Gasteiger partial charge on any atom is 0.115 e. The largest absolute Gasteiger partial charge is 0.327 e. The van der Waals surface area contributed by atoms with E-state index in [-0.39, 0.29) is 6.04 Å². The van der Waals surface area contributed by atoms with Crippen molar-refractivity contribution in [3.8, 4) is 11.3 Å². The predicted octanol–water partition coefficient (Wildman–Crippen LogP) is 5.39. The van der Waals surface area contributed by atoms with Crippen LogP contribution < -0.4 is 0 Å². The molecule has 5 rings (SSSR count). The molecule has 0 fully saturated rings. The third-order valence-electron chi connectivity index (χ3n) is 5.43. The summed E-state index contributed by atoms with van der Waals surface area (Å²) in [6.45, 7) is 2.25. The van der Waals surface area contributed by atoms with Gasteiger partial charge in [-0.15, -0.1) is 0 Å². The van der Waals surface area contributed by atoms with Crippen molar-refractivity contribution >= 4 is 10.9 Å². The van der Waals surface area contributed by atoms with E-state index >= 15 is 0 Å². The van der Waals surface area contributed by atoms with Crippen LogP contribution in [0.2, 0.25) is 0 Å². The molecule has 0 bridgehead atoms. The van der Waals surface area contributed by atoms with Crippen molar-refractivity contribution in [1.82, 2.24) is 14.5 Å². The lowest BCUT2D eigenvalue weighted by Crippen LogP contribution is -2.08. The summed E-state index contributed by atoms with van der Waals surface area (Å²) >= 11 is 0. The van der Waals surface area contributed by atoms with Crippen LogP contribution in [0, 0.1) is 0 Å². The third-order valence-corrected chi connectivity index (χ3v) is 5.43. The second-order valence-corrected chi connectivity index (χ2v) is 6.95. The first-order valence-corrected chi connectivity index (χ1v) is 9.37. The van der Waals surface area contributed by atoms with Gasteiger partial charge in [-0.3, -0.25) is 0 Å². The SMILES string of the molecule is CCCCc1c2n(c3ccccc13)C(c1ccccc1)c1ncncc1-2. The first-order chi connectivity index (χ1) is 12.9. The van der Waals surface area contributed by atoms with Gasteiger partial charge < -0.3 is 4.57 Å². The molecule has 0 aliphatic carbocycles. The van der Waals surface area contributed by atoms with Crippen LogP contribution in [0.25, 0.3) is 22.2 Å². The summed E-state index contributed by atoms with van der Waals surface area (Å²) in [5.74, 6) is 0. The normalized spacial score (nSPS) is 15.2. The molecule has 2 aromatic carbocycles. The van der Waals surface area contributed by atoms with Gasteiger partial charge in [0.15, 0.2) is 0 Å². The summed E-state index contributed by atoms with van der Waals surface area (Å²) in [6, 6.07) is 19.6. The van der Waals surface area contributed by atoms with Crippen molar-refractivity contribution in [3.63, 3.8) is 0 Å². The molecule has 0 saturated carbocycles. The summed E-state index contributed by atoms with van der Waals surface area (Å²) in [4.78, 5) is 9.05. The maximum absolute atomic E-state index is 4.70. The molecule has 128 valence electrons. The number of benzene rings is 2. The molecule has 1 aliphatic rings. The van der Waals surface area contributed by atoms with Crippen molar-refractivity contribution in [3.05, 3.63) is 83.9 Å². The molecule has 2 aromatic heterocycles. The van der Waals surface area contributed by atoms with Crippen molar-refractivity contribution in [2.75, 3.05) is 0 Å². The lowest BCUT2D eigenvalue weighted by Gasteiger charge is -2.16. The van der Waals surface area contributed by atoms with Crippen LogP contribution in [0.4, 0.5) is 0 Å². The van der Waals surface area contributed by atoms with Crippen molar-refractivity contribution in [1.29, 1.82) is 0 Å². The Balaban J connectivity index is 1.86. The molecule has 0 radical (unpaired) electrons. The number of hydrogen-bond acceptors (Lipinski definition) is 2. The van der Waals surface area contributed by atoms with Gasteiger partial charge in [0.2, 0.25) is 0 Å². The number of para-hydroxylation sites is 1. The summed E-state index contributed by atoms with van der Waals surface area (Å²) < 4.78 is 2.48. The van der Waals surface area contributed by atoms with E-state index in [1.165, 1.54) is 46.1 Å². The summed E-state index contributed by atoms with van der Waals surface area (Å²) in [5.41, 5.74) is 7.61. The molecule has 1 aliphatic heterocycles. The van der Waals surface area contributed by atoms with Crippen LogP contribution in [-0.2, 0) is 6.42 Å². The van der Waals surface area contributed by atoms with E-state index in [9.17, 15) is 0 Å². The van der Waals surface area contributed by atoms with Gasteiger partial charge in [0.25, 0.3) is 0 Å². The van der Waals surface area contributed by atoms with E-state index in [2.05, 4.69) is 71.1 Å². The Morgan fingerprint density at radius 2 is 1.81 bits per heavy atom. The zero-order valence-corrected chi connectivity index (χ0v) is 14.9. The zero-order valence-electron chi connectivity index (χ0n) is 14.9. The monoisotopic (exact) mass is 339 g/mol. The van der Waals surface area contributed by atoms with E-state index < -0.39 is 0 Å². The quantitative estimate of drug-likeness (QED) is 0.439. The fourth-order valence-corrected chi connectivity index (χ4v) is 4.30. The first-order valence-electron chi connectivity index (χ1n) is 9.37. The standard InChI is InChI=1S/C23H21N3/c1-2-3-11-18-17-12-7-8-13-20(17)26-22(16-9-5-4-6-10-16)21-19(23(18)26)14-24-15-25-21/h4-10,12-15,22H,2-3,11H2,1H3. The Labute approximate surface area is 153 Å².